The van der Waals surface area contributed by atoms with Gasteiger partial charge in [-0.3, -0.25) is 0 Å². The standard InChI is InChI=1S/C12H17N3S/c1-3-4-8(2)16-12-14-10-6-5-9(13)7-11(10)15-12/h5-8H,3-4,13H2,1-2H3,(H,14,15). The minimum Gasteiger partial charge on any atom is -0.399 e. The van der Waals surface area contributed by atoms with E-state index >= 15 is 0 Å². The van der Waals surface area contributed by atoms with E-state index in [0.29, 0.717) is 5.25 Å². The van der Waals surface area contributed by atoms with Gasteiger partial charge >= 0.3 is 0 Å². The molecule has 4 heteroatoms. The Morgan fingerprint density at radius 2 is 2.31 bits per heavy atom. The number of aromatic amines is 1. The second-order valence-electron chi connectivity index (χ2n) is 4.04. The van der Waals surface area contributed by atoms with Crippen molar-refractivity contribution < 1.29 is 0 Å². The van der Waals surface area contributed by atoms with E-state index in [1.807, 2.05) is 18.2 Å². The summed E-state index contributed by atoms with van der Waals surface area (Å²) < 4.78 is 0. The maximum Gasteiger partial charge on any atom is 0.166 e. The molecule has 2 rings (SSSR count). The third-order valence-corrected chi connectivity index (χ3v) is 3.55. The first-order valence-corrected chi connectivity index (χ1v) is 6.49. The van der Waals surface area contributed by atoms with E-state index < -0.39 is 0 Å². The molecule has 16 heavy (non-hydrogen) atoms. The van der Waals surface area contributed by atoms with Crippen LogP contribution in [0.1, 0.15) is 26.7 Å². The number of anilines is 1. The lowest BCUT2D eigenvalue weighted by atomic mass is 10.3. The highest BCUT2D eigenvalue weighted by Crippen LogP contribution is 2.26. The molecule has 1 aromatic carbocycles. The number of nitrogen functional groups attached to an aromatic ring is 1. The van der Waals surface area contributed by atoms with Gasteiger partial charge in [0.25, 0.3) is 0 Å². The molecule has 1 unspecified atom stereocenters. The fourth-order valence-electron chi connectivity index (χ4n) is 1.72. The highest BCUT2D eigenvalue weighted by atomic mass is 32.2. The van der Waals surface area contributed by atoms with Crippen molar-refractivity contribution in [2.75, 3.05) is 5.73 Å². The zero-order valence-corrected chi connectivity index (χ0v) is 10.5. The Morgan fingerprint density at radius 3 is 3.06 bits per heavy atom. The third-order valence-electron chi connectivity index (χ3n) is 2.49. The van der Waals surface area contributed by atoms with E-state index in [0.717, 1.165) is 21.9 Å². The van der Waals surface area contributed by atoms with Crippen LogP contribution in [-0.4, -0.2) is 15.2 Å². The molecule has 0 aliphatic carbocycles. The van der Waals surface area contributed by atoms with Crippen molar-refractivity contribution in [2.24, 2.45) is 0 Å². The summed E-state index contributed by atoms with van der Waals surface area (Å²) in [6, 6.07) is 5.76. The molecule has 1 atom stereocenters. The molecular weight excluding hydrogens is 218 g/mol. The van der Waals surface area contributed by atoms with E-state index in [1.54, 1.807) is 11.8 Å². The van der Waals surface area contributed by atoms with Crippen LogP contribution in [-0.2, 0) is 0 Å². The van der Waals surface area contributed by atoms with Crippen LogP contribution in [0.4, 0.5) is 5.69 Å². The summed E-state index contributed by atoms with van der Waals surface area (Å²) in [4.78, 5) is 7.83. The number of fused-ring (bicyclic) bond motifs is 1. The van der Waals surface area contributed by atoms with Gasteiger partial charge < -0.3 is 10.7 Å². The molecule has 1 heterocycles. The molecule has 0 saturated heterocycles. The lowest BCUT2D eigenvalue weighted by molar-refractivity contribution is 0.784. The first kappa shape index (κ1) is 11.3. The minimum absolute atomic E-state index is 0.600. The quantitative estimate of drug-likeness (QED) is 0.630. The Kier molecular flexibility index (Phi) is 3.39. The van der Waals surface area contributed by atoms with E-state index in [2.05, 4.69) is 23.8 Å². The van der Waals surface area contributed by atoms with Gasteiger partial charge in [0.1, 0.15) is 0 Å². The first-order chi connectivity index (χ1) is 7.69. The molecule has 0 fully saturated rings. The van der Waals surface area contributed by atoms with E-state index in [4.69, 9.17) is 5.73 Å². The molecule has 0 radical (unpaired) electrons. The van der Waals surface area contributed by atoms with Crippen molar-refractivity contribution in [3.05, 3.63) is 18.2 Å². The minimum atomic E-state index is 0.600. The largest absolute Gasteiger partial charge is 0.399 e. The number of H-pyrrole nitrogens is 1. The molecule has 0 bridgehead atoms. The third kappa shape index (κ3) is 2.50. The van der Waals surface area contributed by atoms with Gasteiger partial charge in [0.2, 0.25) is 0 Å². The maximum absolute atomic E-state index is 5.73. The summed E-state index contributed by atoms with van der Waals surface area (Å²) in [5.41, 5.74) is 8.51. The number of hydrogen-bond donors (Lipinski definition) is 2. The molecule has 1 aromatic heterocycles. The molecule has 0 amide bonds. The summed E-state index contributed by atoms with van der Waals surface area (Å²) >= 11 is 1.79. The highest BCUT2D eigenvalue weighted by Gasteiger charge is 2.07. The first-order valence-electron chi connectivity index (χ1n) is 5.61. The lowest BCUT2D eigenvalue weighted by Gasteiger charge is -2.05. The van der Waals surface area contributed by atoms with Crippen LogP contribution in [0.15, 0.2) is 23.4 Å². The normalized spacial score (nSPS) is 13.1. The van der Waals surface area contributed by atoms with E-state index in [-0.39, 0.29) is 0 Å². The number of benzene rings is 1. The van der Waals surface area contributed by atoms with Crippen molar-refractivity contribution >= 4 is 28.5 Å². The average molecular weight is 235 g/mol. The van der Waals surface area contributed by atoms with Crippen LogP contribution < -0.4 is 5.73 Å². The smallest absolute Gasteiger partial charge is 0.166 e. The van der Waals surface area contributed by atoms with Gasteiger partial charge in [0.05, 0.1) is 11.0 Å². The van der Waals surface area contributed by atoms with E-state index in [1.165, 1.54) is 12.8 Å². The fraction of sp³-hybridized carbons (Fsp3) is 0.417. The van der Waals surface area contributed by atoms with Crippen LogP contribution in [0, 0.1) is 0 Å². The number of nitrogens with two attached hydrogens (primary N) is 1. The van der Waals surface area contributed by atoms with Gasteiger partial charge in [-0.1, -0.05) is 32.0 Å². The molecule has 2 aromatic rings. The summed E-state index contributed by atoms with van der Waals surface area (Å²) in [6.45, 7) is 4.44. The van der Waals surface area contributed by atoms with Crippen molar-refractivity contribution in [3.63, 3.8) is 0 Å². The van der Waals surface area contributed by atoms with Crippen LogP contribution in [0.5, 0.6) is 0 Å². The second-order valence-corrected chi connectivity index (χ2v) is 5.46. The zero-order valence-electron chi connectivity index (χ0n) is 9.66. The molecule has 3 N–H and O–H groups in total. The molecule has 0 saturated carbocycles. The molecule has 0 spiro atoms. The molecule has 0 aliphatic heterocycles. The van der Waals surface area contributed by atoms with Gasteiger partial charge in [0, 0.05) is 10.9 Å². The Hall–Kier alpha value is -1.16. The molecule has 86 valence electrons. The summed E-state index contributed by atoms with van der Waals surface area (Å²) in [7, 11) is 0. The number of aromatic nitrogens is 2. The van der Waals surface area contributed by atoms with Gasteiger partial charge in [-0.05, 0) is 24.6 Å². The summed E-state index contributed by atoms with van der Waals surface area (Å²) in [5.74, 6) is 0. The fourth-order valence-corrected chi connectivity index (χ4v) is 2.77. The van der Waals surface area contributed by atoms with Crippen LogP contribution in [0.3, 0.4) is 0 Å². The predicted octanol–water partition coefficient (Wildman–Crippen LogP) is 3.43. The Bertz CT molecular complexity index is 478. The van der Waals surface area contributed by atoms with Crippen molar-refractivity contribution in [3.8, 4) is 0 Å². The maximum atomic E-state index is 5.73. The molecule has 3 nitrogen and oxygen atoms in total. The highest BCUT2D eigenvalue weighted by molar-refractivity contribution is 7.99. The molecular formula is C12H17N3S. The summed E-state index contributed by atoms with van der Waals surface area (Å²) in [5, 5.41) is 1.59. The number of rotatable bonds is 4. The topological polar surface area (TPSA) is 54.7 Å². The van der Waals surface area contributed by atoms with Gasteiger partial charge in [-0.25, -0.2) is 4.98 Å². The number of imidazole rings is 1. The molecule has 0 aliphatic rings. The lowest BCUT2D eigenvalue weighted by Crippen LogP contribution is -1.94. The van der Waals surface area contributed by atoms with Crippen molar-refractivity contribution in [2.45, 2.75) is 37.1 Å². The van der Waals surface area contributed by atoms with Crippen molar-refractivity contribution in [1.82, 2.24) is 9.97 Å². The van der Waals surface area contributed by atoms with Crippen LogP contribution in [0.2, 0.25) is 0 Å². The van der Waals surface area contributed by atoms with Crippen molar-refractivity contribution in [1.29, 1.82) is 0 Å². The van der Waals surface area contributed by atoms with Gasteiger partial charge in [-0.15, -0.1) is 0 Å². The Morgan fingerprint density at radius 1 is 1.50 bits per heavy atom. The number of hydrogen-bond acceptors (Lipinski definition) is 3. The van der Waals surface area contributed by atoms with E-state index in [9.17, 15) is 0 Å². The second kappa shape index (κ2) is 4.78. The van der Waals surface area contributed by atoms with Gasteiger partial charge in [0.15, 0.2) is 5.16 Å². The summed E-state index contributed by atoms with van der Waals surface area (Å²) in [6.07, 6.45) is 2.42. The van der Waals surface area contributed by atoms with Crippen LogP contribution in [0.25, 0.3) is 11.0 Å². The Balaban J connectivity index is 2.19. The van der Waals surface area contributed by atoms with Crippen LogP contribution >= 0.6 is 11.8 Å². The zero-order chi connectivity index (χ0) is 11.5. The van der Waals surface area contributed by atoms with Gasteiger partial charge in [-0.2, -0.15) is 0 Å². The number of thioether (sulfide) groups is 1. The monoisotopic (exact) mass is 235 g/mol. The number of nitrogens with one attached hydrogen (secondary N) is 1. The Labute approximate surface area is 99.8 Å². The average Bonchev–Trinajstić information content (AvgIpc) is 2.59. The number of nitrogens with zero attached hydrogens (tertiary/aromatic N) is 1. The SMILES string of the molecule is CCCC(C)Sc1nc2ccc(N)cc2[nH]1. The predicted molar refractivity (Wildman–Crippen MR) is 70.7 cm³/mol.